The van der Waals surface area contributed by atoms with Gasteiger partial charge >= 0.3 is 0 Å². The number of nitrogens with zero attached hydrogens (tertiary/aromatic N) is 1. The molecule has 6 heavy (non-hydrogen) atoms. The molecule has 0 aromatic carbocycles. The minimum atomic E-state index is 0. The van der Waals surface area contributed by atoms with Crippen LogP contribution < -0.4 is 0 Å². The quantitative estimate of drug-likeness (QED) is 0.482. The van der Waals surface area contributed by atoms with Gasteiger partial charge in [-0.3, -0.25) is 0 Å². The molecule has 0 atom stereocenters. The van der Waals surface area contributed by atoms with Crippen molar-refractivity contribution in [1.29, 1.82) is 0 Å². The van der Waals surface area contributed by atoms with Crippen molar-refractivity contribution in [2.75, 3.05) is 0 Å². The predicted octanol–water partition coefficient (Wildman–Crippen LogP) is 0.941. The smallest absolute Gasteiger partial charge is 0 e. The summed E-state index contributed by atoms with van der Waals surface area (Å²) in [4.78, 5) is 0. The van der Waals surface area contributed by atoms with Gasteiger partial charge in [-0.15, -0.1) is 6.20 Å². The molecule has 0 aliphatic heterocycles. The summed E-state index contributed by atoms with van der Waals surface area (Å²) in [6.07, 6.45) is 1.64. The number of aromatic nitrogens is 1. The number of rotatable bonds is 0. The first-order chi connectivity index (χ1) is 2.50. The summed E-state index contributed by atoms with van der Waals surface area (Å²) < 4.78 is 3.71. The molecule has 31 valence electrons. The van der Waals surface area contributed by atoms with Crippen LogP contribution in [0.1, 0.15) is 0 Å². The Kier molecular flexibility index (Phi) is 3.53. The van der Waals surface area contributed by atoms with Gasteiger partial charge in [0.05, 0.1) is 0 Å². The van der Waals surface area contributed by atoms with Gasteiger partial charge in [0.25, 0.3) is 0 Å². The van der Waals surface area contributed by atoms with Gasteiger partial charge in [0.1, 0.15) is 0 Å². The van der Waals surface area contributed by atoms with Crippen LogP contribution in [0.15, 0.2) is 11.6 Å². The largest absolute Gasteiger partial charge is 0.440 e. The first-order valence-electron chi connectivity index (χ1n) is 1.25. The third kappa shape index (κ3) is 1.60. The van der Waals surface area contributed by atoms with E-state index in [1.807, 2.05) is 0 Å². The van der Waals surface area contributed by atoms with E-state index in [-0.39, 0.29) is 18.6 Å². The van der Waals surface area contributed by atoms with Gasteiger partial charge < -0.3 is 6.07 Å². The molecule has 0 aliphatic rings. The van der Waals surface area contributed by atoms with E-state index >= 15 is 0 Å². The van der Waals surface area contributed by atoms with Gasteiger partial charge in [-0.2, -0.15) is 5.38 Å². The van der Waals surface area contributed by atoms with Gasteiger partial charge in [-0.1, -0.05) is 11.5 Å². The molecular weight excluding hydrogens is 133 g/mol. The molecule has 0 saturated heterocycles. The van der Waals surface area contributed by atoms with Crippen LogP contribution in [0, 0.1) is 6.07 Å². The fourth-order valence-electron chi connectivity index (χ4n) is 0.152. The van der Waals surface area contributed by atoms with Crippen LogP contribution in [0.25, 0.3) is 0 Å². The minimum absolute atomic E-state index is 0. The Morgan fingerprint density at radius 3 is 2.67 bits per heavy atom. The molecule has 0 bridgehead atoms. The molecule has 3 heteroatoms. The van der Waals surface area contributed by atoms with Crippen molar-refractivity contribution in [1.82, 2.24) is 4.37 Å². The molecule has 0 spiro atoms. The van der Waals surface area contributed by atoms with E-state index in [1.54, 1.807) is 11.6 Å². The third-order valence-corrected chi connectivity index (χ3v) is 0.777. The fraction of sp³-hybridized carbons (Fsp3) is 0. The van der Waals surface area contributed by atoms with Gasteiger partial charge in [-0.25, -0.2) is 4.37 Å². The van der Waals surface area contributed by atoms with Crippen LogP contribution in [0.4, 0.5) is 0 Å². The van der Waals surface area contributed by atoms with Crippen LogP contribution in [0.5, 0.6) is 0 Å². The van der Waals surface area contributed by atoms with E-state index in [0.717, 1.165) is 0 Å². The standard InChI is InChI=1S/C3H2NS.V/c1-2-4-5-3-1;/h2-3H;/q-1;. The third-order valence-electron chi connectivity index (χ3n) is 0.309. The van der Waals surface area contributed by atoms with Crippen molar-refractivity contribution in [3.8, 4) is 0 Å². The Balaban J connectivity index is 0.000000250. The zero-order valence-electron chi connectivity index (χ0n) is 2.96. The summed E-state index contributed by atoms with van der Waals surface area (Å²) in [5, 5.41) is 1.81. The van der Waals surface area contributed by atoms with Crippen LogP contribution in [0.2, 0.25) is 0 Å². The second-order valence-corrected chi connectivity index (χ2v) is 1.28. The van der Waals surface area contributed by atoms with Crippen molar-refractivity contribution in [3.63, 3.8) is 0 Å². The normalized spacial score (nSPS) is 6.67. The molecule has 0 amide bonds. The van der Waals surface area contributed by atoms with Crippen molar-refractivity contribution >= 4 is 11.5 Å². The Bertz CT molecular complexity index is 67.3. The Hall–Kier alpha value is 0.214. The molecular formula is C3H2NSV-. The monoisotopic (exact) mass is 135 g/mol. The molecule has 0 aliphatic carbocycles. The SMILES string of the molecule is [V].[c-]1cnsc1. The van der Waals surface area contributed by atoms with Gasteiger partial charge in [0.15, 0.2) is 0 Å². The van der Waals surface area contributed by atoms with E-state index in [9.17, 15) is 0 Å². The minimum Gasteiger partial charge on any atom is -0.440 e. The summed E-state index contributed by atoms with van der Waals surface area (Å²) >= 11 is 1.41. The number of hydrogen-bond donors (Lipinski definition) is 0. The maximum atomic E-state index is 3.71. The second kappa shape index (κ2) is 3.41. The van der Waals surface area contributed by atoms with Crippen LogP contribution in [0.3, 0.4) is 0 Å². The summed E-state index contributed by atoms with van der Waals surface area (Å²) in [5.74, 6) is 0. The van der Waals surface area contributed by atoms with E-state index < -0.39 is 0 Å². The van der Waals surface area contributed by atoms with Gasteiger partial charge in [-0.05, 0) is 0 Å². The van der Waals surface area contributed by atoms with E-state index in [1.165, 1.54) is 11.5 Å². The molecule has 1 nitrogen and oxygen atoms in total. The van der Waals surface area contributed by atoms with E-state index in [0.29, 0.717) is 0 Å². The summed E-state index contributed by atoms with van der Waals surface area (Å²) in [6.45, 7) is 0. The number of hydrogen-bond acceptors (Lipinski definition) is 2. The van der Waals surface area contributed by atoms with E-state index in [4.69, 9.17) is 0 Å². The summed E-state index contributed by atoms with van der Waals surface area (Å²) in [5.41, 5.74) is 0. The fourth-order valence-corrected chi connectivity index (χ4v) is 0.456. The Morgan fingerprint density at radius 2 is 2.50 bits per heavy atom. The van der Waals surface area contributed by atoms with Crippen molar-refractivity contribution in [2.45, 2.75) is 0 Å². The van der Waals surface area contributed by atoms with Crippen LogP contribution in [-0.2, 0) is 18.6 Å². The zero-order chi connectivity index (χ0) is 3.54. The molecule has 0 saturated carbocycles. The molecule has 0 unspecified atom stereocenters. The Morgan fingerprint density at radius 1 is 1.67 bits per heavy atom. The first-order valence-corrected chi connectivity index (χ1v) is 2.09. The van der Waals surface area contributed by atoms with Crippen LogP contribution >= 0.6 is 11.5 Å². The summed E-state index contributed by atoms with van der Waals surface area (Å²) in [7, 11) is 0. The van der Waals surface area contributed by atoms with Crippen molar-refractivity contribution < 1.29 is 18.6 Å². The Labute approximate surface area is 52.4 Å². The topological polar surface area (TPSA) is 12.9 Å². The second-order valence-electron chi connectivity index (χ2n) is 0.624. The van der Waals surface area contributed by atoms with Crippen molar-refractivity contribution in [2.24, 2.45) is 0 Å². The molecule has 1 aromatic heterocycles. The molecule has 0 N–H and O–H groups in total. The molecule has 1 rings (SSSR count). The maximum absolute atomic E-state index is 3.71. The maximum Gasteiger partial charge on any atom is 0 e. The van der Waals surface area contributed by atoms with Crippen molar-refractivity contribution in [3.05, 3.63) is 17.6 Å². The average Bonchev–Trinajstić information content (AvgIpc) is 1.76. The average molecular weight is 135 g/mol. The molecule has 1 radical (unpaired) electrons. The predicted molar refractivity (Wildman–Crippen MR) is 20.9 cm³/mol. The van der Waals surface area contributed by atoms with Crippen LogP contribution in [-0.4, -0.2) is 4.37 Å². The van der Waals surface area contributed by atoms with Gasteiger partial charge in [0, 0.05) is 18.6 Å². The molecule has 1 heterocycles. The van der Waals surface area contributed by atoms with Gasteiger partial charge in [0.2, 0.25) is 0 Å². The van der Waals surface area contributed by atoms with E-state index in [2.05, 4.69) is 10.4 Å². The molecule has 0 fully saturated rings. The zero-order valence-corrected chi connectivity index (χ0v) is 5.17. The first kappa shape index (κ1) is 6.21. The summed E-state index contributed by atoms with van der Waals surface area (Å²) in [6, 6.07) is 2.77. The molecule has 1 aromatic rings.